The van der Waals surface area contributed by atoms with Crippen LogP contribution in [0.1, 0.15) is 27.0 Å². The van der Waals surface area contributed by atoms with Crippen molar-refractivity contribution in [3.05, 3.63) is 132 Å². The van der Waals surface area contributed by atoms with Gasteiger partial charge in [-0.2, -0.15) is 0 Å². The number of hydrogen-bond donors (Lipinski definition) is 2. The molecule has 0 atom stereocenters. The molecule has 0 saturated carbocycles. The van der Waals surface area contributed by atoms with Crippen LogP contribution in [-0.2, 0) is 13.1 Å². The van der Waals surface area contributed by atoms with E-state index in [4.69, 9.17) is 16.6 Å². The predicted octanol–water partition coefficient (Wildman–Crippen LogP) is 6.99. The van der Waals surface area contributed by atoms with Crippen LogP contribution in [0.3, 0.4) is 0 Å². The Morgan fingerprint density at radius 2 is 1.78 bits per heavy atom. The summed E-state index contributed by atoms with van der Waals surface area (Å²) in [6.45, 7) is 6.93. The van der Waals surface area contributed by atoms with E-state index in [2.05, 4.69) is 40.9 Å². The number of carbonyl (C=O) groups is 1. The molecule has 1 amide bonds. The molecule has 0 radical (unpaired) electrons. The lowest BCUT2D eigenvalue weighted by atomic mass is 10.1. The van der Waals surface area contributed by atoms with E-state index in [1.165, 1.54) is 0 Å². The molecule has 2 heterocycles. The summed E-state index contributed by atoms with van der Waals surface area (Å²) in [6, 6.07) is 25.4. The van der Waals surface area contributed by atoms with Gasteiger partial charge in [-0.25, -0.2) is 0 Å². The lowest BCUT2D eigenvalue weighted by molar-refractivity contribution is 0.0951. The van der Waals surface area contributed by atoms with E-state index in [-0.39, 0.29) is 5.91 Å². The van der Waals surface area contributed by atoms with E-state index < -0.39 is 0 Å². The number of amidine groups is 1. The summed E-state index contributed by atoms with van der Waals surface area (Å²) in [6.07, 6.45) is 3.46. The number of pyridine rings is 1. The van der Waals surface area contributed by atoms with Crippen molar-refractivity contribution in [3.8, 4) is 0 Å². The average Bonchev–Trinajstić information content (AvgIpc) is 3.09. The maximum absolute atomic E-state index is 12.8. The molecule has 0 unspecified atom stereocenters. The van der Waals surface area contributed by atoms with E-state index in [1.807, 2.05) is 66.7 Å². The standard InChI is InChI=1S/C27H21ClN4OS.C2H4/c28-21-10-7-18(8-11-21)16-30-26-22-5-1-2-6-24(22)34-25-12-9-20(14-23(25)32-26)27(33)31-17-19-4-3-13-29-15-19;1-2/h1-15H,16-17H2,(H,30,32)(H,31,33);1-2H2. The predicted molar refractivity (Wildman–Crippen MR) is 149 cm³/mol. The highest BCUT2D eigenvalue weighted by molar-refractivity contribution is 7.99. The number of benzene rings is 3. The van der Waals surface area contributed by atoms with Gasteiger partial charge < -0.3 is 10.6 Å². The Balaban J connectivity index is 0.00000148. The van der Waals surface area contributed by atoms with Crippen molar-refractivity contribution in [2.45, 2.75) is 22.9 Å². The number of rotatable bonds is 5. The van der Waals surface area contributed by atoms with Gasteiger partial charge in [-0.1, -0.05) is 59.8 Å². The van der Waals surface area contributed by atoms with Crippen molar-refractivity contribution in [1.82, 2.24) is 10.3 Å². The van der Waals surface area contributed by atoms with E-state index in [0.29, 0.717) is 23.7 Å². The molecule has 2 N–H and O–H groups in total. The zero-order valence-corrected chi connectivity index (χ0v) is 21.1. The van der Waals surface area contributed by atoms with Crippen LogP contribution in [0.2, 0.25) is 5.02 Å². The van der Waals surface area contributed by atoms with E-state index in [0.717, 1.165) is 38.0 Å². The Kier molecular flexibility index (Phi) is 8.55. The summed E-state index contributed by atoms with van der Waals surface area (Å²) in [5, 5.41) is 7.14. The number of fused-ring (bicyclic) bond motifs is 2. The molecular formula is C29H25ClN4OS. The number of nitrogens with one attached hydrogen (secondary N) is 2. The fourth-order valence-electron chi connectivity index (χ4n) is 3.59. The lowest BCUT2D eigenvalue weighted by Crippen LogP contribution is -2.23. The van der Waals surface area contributed by atoms with Gasteiger partial charge in [-0.3, -0.25) is 14.8 Å². The molecule has 1 aromatic heterocycles. The third kappa shape index (κ3) is 6.22. The SMILES string of the molecule is C=C.O=C(NCc1cccnc1)c1ccc2c(c1)NC(=NCc1ccc(Cl)cc1)c1ccccc1S2. The number of amides is 1. The Bertz CT molecular complexity index is 1370. The molecule has 5 nitrogen and oxygen atoms in total. The van der Waals surface area contributed by atoms with Crippen molar-refractivity contribution in [2.24, 2.45) is 4.99 Å². The summed E-state index contributed by atoms with van der Waals surface area (Å²) in [5.74, 6) is 0.629. The van der Waals surface area contributed by atoms with Gasteiger partial charge in [0.25, 0.3) is 5.91 Å². The largest absolute Gasteiger partial charge is 0.348 e. The molecule has 0 fully saturated rings. The zero-order valence-electron chi connectivity index (χ0n) is 19.6. The molecule has 1 aliphatic heterocycles. The van der Waals surface area contributed by atoms with Crippen molar-refractivity contribution in [3.63, 3.8) is 0 Å². The number of hydrogen-bond acceptors (Lipinski definition) is 4. The van der Waals surface area contributed by atoms with Crippen LogP contribution in [0.5, 0.6) is 0 Å². The molecule has 180 valence electrons. The van der Waals surface area contributed by atoms with Gasteiger partial charge >= 0.3 is 0 Å². The molecule has 5 rings (SSSR count). The van der Waals surface area contributed by atoms with Crippen LogP contribution in [0.25, 0.3) is 0 Å². The van der Waals surface area contributed by atoms with Gasteiger partial charge in [0.2, 0.25) is 0 Å². The Morgan fingerprint density at radius 3 is 2.56 bits per heavy atom. The van der Waals surface area contributed by atoms with Crippen molar-refractivity contribution < 1.29 is 4.79 Å². The van der Waals surface area contributed by atoms with Crippen LogP contribution in [-0.4, -0.2) is 16.7 Å². The van der Waals surface area contributed by atoms with Crippen LogP contribution in [0, 0.1) is 0 Å². The summed E-state index contributed by atoms with van der Waals surface area (Å²) >= 11 is 7.68. The quantitative estimate of drug-likeness (QED) is 0.283. The highest BCUT2D eigenvalue weighted by atomic mass is 35.5. The third-order valence-electron chi connectivity index (χ3n) is 5.37. The summed E-state index contributed by atoms with van der Waals surface area (Å²) < 4.78 is 0. The summed E-state index contributed by atoms with van der Waals surface area (Å²) in [4.78, 5) is 23.9. The minimum atomic E-state index is -0.139. The molecule has 3 aromatic carbocycles. The van der Waals surface area contributed by atoms with Crippen molar-refractivity contribution in [2.75, 3.05) is 5.32 Å². The van der Waals surface area contributed by atoms with E-state index in [9.17, 15) is 4.79 Å². The second-order valence-corrected chi connectivity index (χ2v) is 9.29. The van der Waals surface area contributed by atoms with Crippen LogP contribution in [0.15, 0.2) is 119 Å². The second kappa shape index (κ2) is 12.2. The first-order valence-electron chi connectivity index (χ1n) is 11.3. The molecule has 0 aliphatic carbocycles. The Morgan fingerprint density at radius 1 is 0.972 bits per heavy atom. The lowest BCUT2D eigenvalue weighted by Gasteiger charge is -2.12. The van der Waals surface area contributed by atoms with Gasteiger partial charge in [-0.15, -0.1) is 13.2 Å². The molecule has 7 heteroatoms. The van der Waals surface area contributed by atoms with E-state index in [1.54, 1.807) is 24.2 Å². The monoisotopic (exact) mass is 512 g/mol. The topological polar surface area (TPSA) is 66.4 Å². The fourth-order valence-corrected chi connectivity index (χ4v) is 4.73. The zero-order chi connectivity index (χ0) is 25.3. The second-order valence-electron chi connectivity index (χ2n) is 7.77. The summed E-state index contributed by atoms with van der Waals surface area (Å²) in [5.41, 5.74) is 4.48. The highest BCUT2D eigenvalue weighted by Crippen LogP contribution is 2.39. The van der Waals surface area contributed by atoms with Crippen LogP contribution in [0.4, 0.5) is 5.69 Å². The summed E-state index contributed by atoms with van der Waals surface area (Å²) in [7, 11) is 0. The number of nitrogens with zero attached hydrogens (tertiary/aromatic N) is 2. The van der Waals surface area contributed by atoms with Gasteiger partial charge in [0, 0.05) is 44.9 Å². The maximum Gasteiger partial charge on any atom is 0.251 e. The molecule has 0 bridgehead atoms. The van der Waals surface area contributed by atoms with Gasteiger partial charge in [0.05, 0.1) is 12.2 Å². The molecule has 4 aromatic rings. The molecule has 36 heavy (non-hydrogen) atoms. The van der Waals surface area contributed by atoms with Gasteiger partial charge in [0.15, 0.2) is 0 Å². The molecule has 0 spiro atoms. The average molecular weight is 513 g/mol. The first-order valence-corrected chi connectivity index (χ1v) is 12.5. The number of halogens is 1. The molecular weight excluding hydrogens is 488 g/mol. The van der Waals surface area contributed by atoms with Crippen molar-refractivity contribution >= 4 is 40.8 Å². The van der Waals surface area contributed by atoms with E-state index >= 15 is 0 Å². The first kappa shape index (κ1) is 25.2. The fraction of sp³-hybridized carbons (Fsp3) is 0.0690. The number of aliphatic imine (C=N–C) groups is 1. The van der Waals surface area contributed by atoms with Gasteiger partial charge in [-0.05, 0) is 53.6 Å². The molecule has 0 saturated heterocycles. The Labute approximate surface area is 220 Å². The van der Waals surface area contributed by atoms with Crippen molar-refractivity contribution in [1.29, 1.82) is 0 Å². The third-order valence-corrected chi connectivity index (χ3v) is 6.77. The minimum absolute atomic E-state index is 0.139. The smallest absolute Gasteiger partial charge is 0.251 e. The highest BCUT2D eigenvalue weighted by Gasteiger charge is 2.19. The molecule has 1 aliphatic rings. The minimum Gasteiger partial charge on any atom is -0.348 e. The first-order chi connectivity index (χ1) is 17.7. The van der Waals surface area contributed by atoms with Crippen LogP contribution >= 0.6 is 23.4 Å². The van der Waals surface area contributed by atoms with Crippen LogP contribution < -0.4 is 10.6 Å². The maximum atomic E-state index is 12.8. The van der Waals surface area contributed by atoms with Gasteiger partial charge in [0.1, 0.15) is 5.84 Å². The number of aromatic nitrogens is 1. The Hall–Kier alpha value is -3.87. The normalized spacial score (nSPS) is 12.8. The number of anilines is 1. The number of carbonyl (C=O) groups excluding carboxylic acids is 1.